The lowest BCUT2D eigenvalue weighted by Crippen LogP contribution is -2.31. The summed E-state index contributed by atoms with van der Waals surface area (Å²) < 4.78 is 5.83. The fraction of sp³-hybridized carbons (Fsp3) is 0.258. The first-order valence-electron chi connectivity index (χ1n) is 13.2. The minimum atomic E-state index is -0.693. The molecule has 1 atom stereocenters. The van der Waals surface area contributed by atoms with Crippen molar-refractivity contribution in [3.8, 4) is 0 Å². The molecule has 0 saturated carbocycles. The first kappa shape index (κ1) is 28.1. The number of nitrogens with zero attached hydrogens (tertiary/aromatic N) is 4. The first-order chi connectivity index (χ1) is 19.7. The normalized spacial score (nSPS) is 14.7. The van der Waals surface area contributed by atoms with E-state index < -0.39 is 11.9 Å². The van der Waals surface area contributed by atoms with E-state index in [1.807, 2.05) is 56.6 Å². The van der Waals surface area contributed by atoms with Crippen LogP contribution in [-0.4, -0.2) is 67.7 Å². The van der Waals surface area contributed by atoms with Crippen LogP contribution >= 0.6 is 11.3 Å². The minimum absolute atomic E-state index is 0.0240. The third-order valence-corrected chi connectivity index (χ3v) is 7.78. The summed E-state index contributed by atoms with van der Waals surface area (Å²) in [6, 6.07) is 18.4. The van der Waals surface area contributed by atoms with Gasteiger partial charge in [-0.15, -0.1) is 11.3 Å². The van der Waals surface area contributed by atoms with E-state index in [-0.39, 0.29) is 11.8 Å². The van der Waals surface area contributed by atoms with Gasteiger partial charge >= 0.3 is 5.97 Å². The fourth-order valence-electron chi connectivity index (χ4n) is 4.95. The van der Waals surface area contributed by atoms with Gasteiger partial charge in [0.15, 0.2) is 0 Å². The van der Waals surface area contributed by atoms with Crippen LogP contribution in [0.4, 0.5) is 17.1 Å². The van der Waals surface area contributed by atoms with Crippen LogP contribution in [-0.2, 0) is 14.3 Å². The summed E-state index contributed by atoms with van der Waals surface area (Å²) in [4.78, 5) is 51.1. The number of hydrogen-bond donors (Lipinski definition) is 1. The largest absolute Gasteiger partial charge is 0.465 e. The molecule has 5 rings (SSSR count). The van der Waals surface area contributed by atoms with Crippen LogP contribution in [0.2, 0.25) is 0 Å². The van der Waals surface area contributed by atoms with Gasteiger partial charge < -0.3 is 19.9 Å². The molecule has 1 aromatic heterocycles. The Kier molecular flexibility index (Phi) is 8.23. The average molecular weight is 570 g/mol. The second-order valence-corrected chi connectivity index (χ2v) is 11.0. The highest BCUT2D eigenvalue weighted by Crippen LogP contribution is 2.38. The van der Waals surface area contributed by atoms with Crippen molar-refractivity contribution >= 4 is 62.1 Å². The second-order valence-electron chi connectivity index (χ2n) is 10.1. The third-order valence-electron chi connectivity index (χ3n) is 6.98. The highest BCUT2D eigenvalue weighted by molar-refractivity contribution is 7.16. The van der Waals surface area contributed by atoms with Crippen molar-refractivity contribution < 1.29 is 19.1 Å². The van der Waals surface area contributed by atoms with E-state index in [0.717, 1.165) is 40.0 Å². The van der Waals surface area contributed by atoms with Crippen molar-refractivity contribution in [1.29, 1.82) is 0 Å². The number of nitrogens with one attached hydrogen (secondary N) is 1. The predicted octanol–water partition coefficient (Wildman–Crippen LogP) is 5.24. The molecule has 4 aromatic rings. The van der Waals surface area contributed by atoms with Gasteiger partial charge in [0.1, 0.15) is 5.92 Å². The molecule has 41 heavy (non-hydrogen) atoms. The van der Waals surface area contributed by atoms with Crippen molar-refractivity contribution in [3.05, 3.63) is 82.9 Å². The van der Waals surface area contributed by atoms with Crippen molar-refractivity contribution in [2.45, 2.75) is 19.3 Å². The molecular weight excluding hydrogens is 538 g/mol. The van der Waals surface area contributed by atoms with Crippen LogP contribution < -0.4 is 10.2 Å². The maximum absolute atomic E-state index is 13.4. The molecule has 0 aliphatic carbocycles. The molecule has 0 bridgehead atoms. The summed E-state index contributed by atoms with van der Waals surface area (Å²) in [7, 11) is 5.34. The Hall–Kier alpha value is -4.41. The molecule has 1 aliphatic rings. The molecule has 1 N–H and O–H groups in total. The lowest BCUT2D eigenvalue weighted by molar-refractivity contribution is -0.117. The van der Waals surface area contributed by atoms with Gasteiger partial charge in [-0.05, 0) is 86.7 Å². The number of hydrogen-bond acceptors (Lipinski definition) is 8. The quantitative estimate of drug-likeness (QED) is 0.218. The van der Waals surface area contributed by atoms with Crippen LogP contribution in [0.25, 0.3) is 10.2 Å². The van der Waals surface area contributed by atoms with Gasteiger partial charge in [-0.2, -0.15) is 0 Å². The topological polar surface area (TPSA) is 104 Å². The number of carbonyl (C=O) groups is 3. The minimum Gasteiger partial charge on any atom is -0.465 e. The zero-order valence-electron chi connectivity index (χ0n) is 23.4. The van der Waals surface area contributed by atoms with Crippen LogP contribution in [0.3, 0.4) is 0 Å². The lowest BCUT2D eigenvalue weighted by atomic mass is 9.90. The number of aromatic nitrogens is 1. The van der Waals surface area contributed by atoms with Crippen molar-refractivity contribution in [2.75, 3.05) is 44.5 Å². The summed E-state index contributed by atoms with van der Waals surface area (Å²) in [5.41, 5.74) is 7.11. The molecule has 1 aliphatic heterocycles. The molecule has 2 amide bonds. The molecule has 0 spiro atoms. The number of amides is 2. The smallest absolute Gasteiger partial charge is 0.337 e. The summed E-state index contributed by atoms with van der Waals surface area (Å²) >= 11 is 1.52. The Morgan fingerprint density at radius 3 is 2.49 bits per heavy atom. The van der Waals surface area contributed by atoms with E-state index in [2.05, 4.69) is 15.2 Å². The van der Waals surface area contributed by atoms with E-state index in [1.54, 1.807) is 35.5 Å². The second kappa shape index (κ2) is 12.0. The van der Waals surface area contributed by atoms with Crippen molar-refractivity contribution in [3.63, 3.8) is 0 Å². The highest BCUT2D eigenvalue weighted by atomic mass is 32.1. The summed E-state index contributed by atoms with van der Waals surface area (Å²) in [6.07, 6.45) is 0.852. The lowest BCUT2D eigenvalue weighted by Gasteiger charge is -2.22. The molecule has 1 unspecified atom stereocenters. The molecule has 210 valence electrons. The number of benzene rings is 3. The standard InChI is InChI=1S/C31H31N5O4S/c1-19(37)36(15-5-14-35(2)3)23-10-8-22(9-11-23)33-29(20-7-13-25-27(17-20)41-18-32-25)28-24-12-6-21(31(39)40-4)16-26(24)34-30(28)38/h6-13,16-18,28H,5,14-15H2,1-4H3,(H,34,38). The predicted molar refractivity (Wildman–Crippen MR) is 163 cm³/mol. The van der Waals surface area contributed by atoms with Gasteiger partial charge in [0.05, 0.1) is 39.8 Å². The number of thiazole rings is 1. The van der Waals surface area contributed by atoms with Crippen LogP contribution in [0.15, 0.2) is 71.2 Å². The zero-order chi connectivity index (χ0) is 29.1. The molecule has 0 saturated heterocycles. The Morgan fingerprint density at radius 1 is 1.02 bits per heavy atom. The monoisotopic (exact) mass is 569 g/mol. The molecule has 2 heterocycles. The maximum Gasteiger partial charge on any atom is 0.337 e. The summed E-state index contributed by atoms with van der Waals surface area (Å²) in [5.74, 6) is -1.42. The van der Waals surface area contributed by atoms with E-state index >= 15 is 0 Å². The van der Waals surface area contributed by atoms with Gasteiger partial charge in [0.2, 0.25) is 11.8 Å². The third kappa shape index (κ3) is 6.03. The zero-order valence-corrected chi connectivity index (χ0v) is 24.2. The number of fused-ring (bicyclic) bond motifs is 2. The van der Waals surface area contributed by atoms with Gasteiger partial charge in [0.25, 0.3) is 0 Å². The number of anilines is 2. The van der Waals surface area contributed by atoms with E-state index in [9.17, 15) is 14.4 Å². The summed E-state index contributed by atoms with van der Waals surface area (Å²) in [5, 5.41) is 2.91. The van der Waals surface area contributed by atoms with Gasteiger partial charge in [-0.25, -0.2) is 9.78 Å². The Balaban J connectivity index is 1.54. The number of aliphatic imine (C=N–C) groups is 1. The Morgan fingerprint density at radius 2 is 1.78 bits per heavy atom. The SMILES string of the molecule is COC(=O)c1ccc2c(c1)NC(=O)C2C(=Nc1ccc(N(CCCN(C)C)C(C)=O)cc1)c1ccc2ncsc2c1. The first-order valence-corrected chi connectivity index (χ1v) is 14.1. The Bertz CT molecular complexity index is 1640. The van der Waals surface area contributed by atoms with Crippen LogP contribution in [0.1, 0.15) is 40.7 Å². The highest BCUT2D eigenvalue weighted by Gasteiger charge is 2.36. The van der Waals surface area contributed by atoms with Crippen LogP contribution in [0.5, 0.6) is 0 Å². The number of esters is 1. The van der Waals surface area contributed by atoms with Crippen molar-refractivity contribution in [2.24, 2.45) is 4.99 Å². The van der Waals surface area contributed by atoms with E-state index in [0.29, 0.717) is 29.2 Å². The maximum atomic E-state index is 13.4. The van der Waals surface area contributed by atoms with Crippen LogP contribution in [0, 0.1) is 0 Å². The Labute approximate surface area is 242 Å². The average Bonchev–Trinajstić information content (AvgIpc) is 3.56. The van der Waals surface area contributed by atoms with Gasteiger partial charge in [-0.3, -0.25) is 14.6 Å². The fourth-order valence-corrected chi connectivity index (χ4v) is 5.66. The molecule has 10 heteroatoms. The van der Waals surface area contributed by atoms with E-state index in [1.165, 1.54) is 18.4 Å². The molecule has 0 radical (unpaired) electrons. The van der Waals surface area contributed by atoms with Gasteiger partial charge in [-0.1, -0.05) is 12.1 Å². The summed E-state index contributed by atoms with van der Waals surface area (Å²) in [6.45, 7) is 3.06. The van der Waals surface area contributed by atoms with E-state index in [4.69, 9.17) is 9.73 Å². The van der Waals surface area contributed by atoms with Crippen molar-refractivity contribution in [1.82, 2.24) is 9.88 Å². The molecule has 0 fully saturated rings. The molecule has 9 nitrogen and oxygen atoms in total. The molecule has 3 aromatic carbocycles. The number of ether oxygens (including phenoxy) is 1. The molecular formula is C31H31N5O4S. The number of methoxy groups -OCH3 is 1. The van der Waals surface area contributed by atoms with Gasteiger partial charge in [0, 0.05) is 24.8 Å². The number of rotatable bonds is 9. The number of carbonyl (C=O) groups excluding carboxylic acids is 3.